The molecule has 0 radical (unpaired) electrons. The molecule has 0 aliphatic carbocycles. The molecule has 1 N–H and O–H groups in total. The normalized spacial score (nSPS) is 11.1. The van der Waals surface area contributed by atoms with Crippen molar-refractivity contribution in [3.63, 3.8) is 0 Å². The summed E-state index contributed by atoms with van der Waals surface area (Å²) in [5, 5.41) is 13.2. The average molecular weight is 369 g/mol. The standard InChI is InChI=1S/C22H15N3O3/c26-18-5-3-4-17(14-18)25-21(13-10-15-8-11-16(24-28)12-9-15)23-20-7-2-1-6-19(20)22(25)27/h1-14,26H/b13-10+. The van der Waals surface area contributed by atoms with Crippen molar-refractivity contribution in [2.45, 2.75) is 0 Å². The number of nitrogens with zero attached hydrogens (tertiary/aromatic N) is 3. The number of phenolic OH excluding ortho intramolecular Hbond substituents is 1. The van der Waals surface area contributed by atoms with Crippen molar-refractivity contribution in [1.29, 1.82) is 0 Å². The Morgan fingerprint density at radius 2 is 1.71 bits per heavy atom. The minimum absolute atomic E-state index is 0.0597. The number of fused-ring (bicyclic) bond motifs is 1. The molecule has 0 saturated heterocycles. The summed E-state index contributed by atoms with van der Waals surface area (Å²) in [6, 6.07) is 20.3. The highest BCUT2D eigenvalue weighted by Crippen LogP contribution is 2.19. The number of phenols is 1. The van der Waals surface area contributed by atoms with Crippen LogP contribution in [-0.4, -0.2) is 14.7 Å². The van der Waals surface area contributed by atoms with E-state index in [0.717, 1.165) is 5.56 Å². The number of aromatic hydroxyl groups is 1. The quantitative estimate of drug-likeness (QED) is 0.530. The molecule has 28 heavy (non-hydrogen) atoms. The second-order valence-corrected chi connectivity index (χ2v) is 6.16. The van der Waals surface area contributed by atoms with Crippen molar-refractivity contribution in [3.8, 4) is 11.4 Å². The Kier molecular flexibility index (Phi) is 4.51. The molecule has 0 amide bonds. The predicted octanol–water partition coefficient (Wildman–Crippen LogP) is 4.66. The Morgan fingerprint density at radius 1 is 0.929 bits per heavy atom. The fourth-order valence-electron chi connectivity index (χ4n) is 2.96. The highest BCUT2D eigenvalue weighted by Gasteiger charge is 2.11. The van der Waals surface area contributed by atoms with Gasteiger partial charge in [-0.05, 0) is 53.2 Å². The van der Waals surface area contributed by atoms with Gasteiger partial charge in [0, 0.05) is 6.07 Å². The lowest BCUT2D eigenvalue weighted by atomic mass is 10.2. The van der Waals surface area contributed by atoms with E-state index in [-0.39, 0.29) is 11.3 Å². The van der Waals surface area contributed by atoms with Crippen molar-refractivity contribution in [2.75, 3.05) is 0 Å². The first-order valence-corrected chi connectivity index (χ1v) is 8.58. The van der Waals surface area contributed by atoms with Gasteiger partial charge in [-0.3, -0.25) is 9.36 Å². The van der Waals surface area contributed by atoms with Crippen LogP contribution in [0.1, 0.15) is 11.4 Å². The van der Waals surface area contributed by atoms with E-state index in [1.165, 1.54) is 10.6 Å². The summed E-state index contributed by atoms with van der Waals surface area (Å²) in [5.41, 5.74) is 2.05. The molecule has 0 aliphatic rings. The summed E-state index contributed by atoms with van der Waals surface area (Å²) >= 11 is 0. The summed E-state index contributed by atoms with van der Waals surface area (Å²) in [5.74, 6) is 0.483. The second kappa shape index (κ2) is 7.28. The molecule has 4 aromatic rings. The molecular weight excluding hydrogens is 354 g/mol. The van der Waals surface area contributed by atoms with Gasteiger partial charge in [0.1, 0.15) is 17.3 Å². The molecule has 0 aliphatic heterocycles. The Labute approximate surface area is 160 Å². The van der Waals surface area contributed by atoms with Gasteiger partial charge in [-0.15, -0.1) is 4.91 Å². The van der Waals surface area contributed by atoms with Crippen molar-refractivity contribution in [2.24, 2.45) is 5.18 Å². The molecule has 6 heteroatoms. The van der Waals surface area contributed by atoms with E-state index < -0.39 is 0 Å². The molecule has 1 aromatic heterocycles. The fourth-order valence-corrected chi connectivity index (χ4v) is 2.96. The van der Waals surface area contributed by atoms with E-state index in [1.807, 2.05) is 6.07 Å². The Morgan fingerprint density at radius 3 is 2.46 bits per heavy atom. The highest BCUT2D eigenvalue weighted by atomic mass is 16.3. The smallest absolute Gasteiger partial charge is 0.266 e. The van der Waals surface area contributed by atoms with Crippen LogP contribution in [0, 0.1) is 4.91 Å². The largest absolute Gasteiger partial charge is 0.508 e. The van der Waals surface area contributed by atoms with Crippen molar-refractivity contribution >= 4 is 28.7 Å². The minimum atomic E-state index is -0.226. The molecule has 0 bridgehead atoms. The van der Waals surface area contributed by atoms with Gasteiger partial charge in [0.25, 0.3) is 5.56 Å². The number of benzene rings is 3. The van der Waals surface area contributed by atoms with E-state index in [4.69, 9.17) is 0 Å². The number of hydrogen-bond donors (Lipinski definition) is 1. The van der Waals surface area contributed by atoms with E-state index in [1.54, 1.807) is 72.8 Å². The van der Waals surface area contributed by atoms with Crippen LogP contribution in [0.15, 0.2) is 82.8 Å². The Hall–Kier alpha value is -4.06. The van der Waals surface area contributed by atoms with Crippen LogP contribution >= 0.6 is 0 Å². The third-order valence-corrected chi connectivity index (χ3v) is 4.31. The maximum absolute atomic E-state index is 13.1. The Balaban J connectivity index is 1.90. The monoisotopic (exact) mass is 369 g/mol. The molecule has 6 nitrogen and oxygen atoms in total. The molecule has 4 rings (SSSR count). The lowest BCUT2D eigenvalue weighted by molar-refractivity contribution is 0.475. The second-order valence-electron chi connectivity index (χ2n) is 6.16. The third-order valence-electron chi connectivity index (χ3n) is 4.31. The van der Waals surface area contributed by atoms with Gasteiger partial charge in [-0.25, -0.2) is 4.98 Å². The highest BCUT2D eigenvalue weighted by molar-refractivity contribution is 5.80. The first kappa shape index (κ1) is 17.4. The van der Waals surface area contributed by atoms with E-state index in [2.05, 4.69) is 10.2 Å². The summed E-state index contributed by atoms with van der Waals surface area (Å²) in [7, 11) is 0. The number of hydrogen-bond acceptors (Lipinski definition) is 5. The average Bonchev–Trinajstić information content (AvgIpc) is 2.73. The third kappa shape index (κ3) is 3.31. The van der Waals surface area contributed by atoms with E-state index >= 15 is 0 Å². The summed E-state index contributed by atoms with van der Waals surface area (Å²) < 4.78 is 1.46. The lowest BCUT2D eigenvalue weighted by Gasteiger charge is -2.11. The number of rotatable bonds is 4. The van der Waals surface area contributed by atoms with Crippen molar-refractivity contribution < 1.29 is 5.11 Å². The summed E-state index contributed by atoms with van der Waals surface area (Å²) in [4.78, 5) is 28.3. The zero-order valence-corrected chi connectivity index (χ0v) is 14.7. The molecule has 0 saturated carbocycles. The SMILES string of the molecule is O=Nc1ccc(/C=C/c2nc3ccccc3c(=O)n2-c2cccc(O)c2)cc1. The van der Waals surface area contributed by atoms with Crippen molar-refractivity contribution in [1.82, 2.24) is 9.55 Å². The zero-order chi connectivity index (χ0) is 19.5. The van der Waals surface area contributed by atoms with E-state index in [0.29, 0.717) is 28.1 Å². The van der Waals surface area contributed by atoms with Crippen LogP contribution in [0.3, 0.4) is 0 Å². The molecule has 136 valence electrons. The molecule has 0 fully saturated rings. The minimum Gasteiger partial charge on any atom is -0.508 e. The first-order chi connectivity index (χ1) is 13.7. The fraction of sp³-hybridized carbons (Fsp3) is 0. The maximum Gasteiger partial charge on any atom is 0.266 e. The number of aromatic nitrogens is 2. The van der Waals surface area contributed by atoms with Crippen molar-refractivity contribution in [3.05, 3.63) is 99.4 Å². The predicted molar refractivity (Wildman–Crippen MR) is 110 cm³/mol. The summed E-state index contributed by atoms with van der Waals surface area (Å²) in [6.07, 6.45) is 3.52. The van der Waals surface area contributed by atoms with Crippen LogP contribution in [0.5, 0.6) is 5.75 Å². The molecule has 0 atom stereocenters. The summed E-state index contributed by atoms with van der Waals surface area (Å²) in [6.45, 7) is 0. The molecule has 1 heterocycles. The maximum atomic E-state index is 13.1. The van der Waals surface area contributed by atoms with Crippen LogP contribution in [0.2, 0.25) is 0 Å². The van der Waals surface area contributed by atoms with Crippen LogP contribution in [0.4, 0.5) is 5.69 Å². The van der Waals surface area contributed by atoms with Gasteiger partial charge in [-0.1, -0.05) is 36.4 Å². The molecule has 3 aromatic carbocycles. The van der Waals surface area contributed by atoms with Crippen LogP contribution in [0.25, 0.3) is 28.7 Å². The first-order valence-electron chi connectivity index (χ1n) is 8.58. The van der Waals surface area contributed by atoms with Gasteiger partial charge in [0.15, 0.2) is 0 Å². The van der Waals surface area contributed by atoms with E-state index in [9.17, 15) is 14.8 Å². The zero-order valence-electron chi connectivity index (χ0n) is 14.7. The molecular formula is C22H15N3O3. The van der Waals surface area contributed by atoms with Gasteiger partial charge >= 0.3 is 0 Å². The van der Waals surface area contributed by atoms with Gasteiger partial charge < -0.3 is 5.11 Å². The number of para-hydroxylation sites is 1. The van der Waals surface area contributed by atoms with Crippen LogP contribution in [-0.2, 0) is 0 Å². The van der Waals surface area contributed by atoms with Gasteiger partial charge in [-0.2, -0.15) is 0 Å². The van der Waals surface area contributed by atoms with Gasteiger partial charge in [0.05, 0.1) is 16.6 Å². The topological polar surface area (TPSA) is 84.5 Å². The molecule has 0 unspecified atom stereocenters. The number of nitroso groups, excluding NO2 is 1. The van der Waals surface area contributed by atoms with Gasteiger partial charge in [0.2, 0.25) is 0 Å². The Bertz CT molecular complexity index is 1260. The lowest BCUT2D eigenvalue weighted by Crippen LogP contribution is -2.22. The van der Waals surface area contributed by atoms with Crippen LogP contribution < -0.4 is 5.56 Å². The molecule has 0 spiro atoms.